The van der Waals surface area contributed by atoms with Gasteiger partial charge in [-0.2, -0.15) is 13.2 Å². The molecule has 30 heavy (non-hydrogen) atoms. The molecule has 1 aliphatic carbocycles. The molecule has 162 valence electrons. The number of hydrogen-bond acceptors (Lipinski definition) is 7. The maximum atomic E-state index is 13.1. The molecule has 0 spiro atoms. The second-order valence-corrected chi connectivity index (χ2v) is 7.82. The number of nitrogens with two attached hydrogens (primary N) is 1. The van der Waals surface area contributed by atoms with Crippen LogP contribution in [0.1, 0.15) is 37.9 Å². The van der Waals surface area contributed by atoms with Crippen LogP contribution >= 0.6 is 0 Å². The lowest BCUT2D eigenvalue weighted by Crippen LogP contribution is -2.48. The minimum Gasteiger partial charge on any atom is -0.497 e. The van der Waals surface area contributed by atoms with Crippen LogP contribution in [0.2, 0.25) is 0 Å². The van der Waals surface area contributed by atoms with Crippen LogP contribution in [0.15, 0.2) is 23.9 Å². The number of aliphatic hydroxyl groups is 1. The number of nitrogens with one attached hydrogen (secondary N) is 1. The number of anilines is 1. The number of hydrogen-bond donors (Lipinski definition) is 3. The van der Waals surface area contributed by atoms with Gasteiger partial charge in [0.2, 0.25) is 5.95 Å². The van der Waals surface area contributed by atoms with Crippen LogP contribution in [0.25, 0.3) is 17.3 Å². The molecule has 1 saturated carbocycles. The van der Waals surface area contributed by atoms with Crippen molar-refractivity contribution in [3.63, 3.8) is 0 Å². The first-order valence-electron chi connectivity index (χ1n) is 9.37. The Morgan fingerprint density at radius 1 is 1.37 bits per heavy atom. The van der Waals surface area contributed by atoms with Crippen molar-refractivity contribution in [1.29, 1.82) is 0 Å². The molecule has 0 radical (unpaired) electrons. The third-order valence-electron chi connectivity index (χ3n) is 4.74. The van der Waals surface area contributed by atoms with Crippen molar-refractivity contribution in [1.82, 2.24) is 15.2 Å². The SMILES string of the molecule is COc1ccc(-c2nnc(NC3CC(C)(O)C3)nc2C=C(C)N)c(CC(F)(F)F)c1. The van der Waals surface area contributed by atoms with Gasteiger partial charge in [0, 0.05) is 17.3 Å². The van der Waals surface area contributed by atoms with Crippen LogP contribution in [0.5, 0.6) is 5.75 Å². The summed E-state index contributed by atoms with van der Waals surface area (Å²) in [6, 6.07) is 4.38. The third-order valence-corrected chi connectivity index (χ3v) is 4.74. The largest absolute Gasteiger partial charge is 0.497 e. The van der Waals surface area contributed by atoms with E-state index in [-0.39, 0.29) is 28.8 Å². The van der Waals surface area contributed by atoms with Gasteiger partial charge in [-0.3, -0.25) is 0 Å². The van der Waals surface area contributed by atoms with Gasteiger partial charge in [0.15, 0.2) is 0 Å². The van der Waals surface area contributed by atoms with E-state index in [0.717, 1.165) is 0 Å². The topological polar surface area (TPSA) is 106 Å². The van der Waals surface area contributed by atoms with Crippen molar-refractivity contribution >= 4 is 12.0 Å². The smallest absolute Gasteiger partial charge is 0.393 e. The van der Waals surface area contributed by atoms with Gasteiger partial charge in [-0.1, -0.05) is 0 Å². The molecule has 1 aromatic heterocycles. The molecule has 1 fully saturated rings. The molecule has 0 atom stereocenters. The van der Waals surface area contributed by atoms with E-state index >= 15 is 0 Å². The van der Waals surface area contributed by atoms with E-state index in [1.54, 1.807) is 19.9 Å². The number of rotatable bonds is 6. The summed E-state index contributed by atoms with van der Waals surface area (Å²) in [6.45, 7) is 3.39. The number of nitrogens with zero attached hydrogens (tertiary/aromatic N) is 3. The Bertz CT molecular complexity index is 948. The molecule has 4 N–H and O–H groups in total. The molecule has 0 unspecified atom stereocenters. The summed E-state index contributed by atoms with van der Waals surface area (Å²) in [5.74, 6) is 0.527. The highest BCUT2D eigenvalue weighted by Crippen LogP contribution is 2.35. The molecule has 1 aliphatic rings. The fraction of sp³-hybridized carbons (Fsp3) is 0.450. The number of methoxy groups -OCH3 is 1. The van der Waals surface area contributed by atoms with Crippen LogP contribution in [-0.2, 0) is 6.42 Å². The van der Waals surface area contributed by atoms with Crippen molar-refractivity contribution in [3.8, 4) is 17.0 Å². The van der Waals surface area contributed by atoms with Crippen molar-refractivity contribution in [2.24, 2.45) is 5.73 Å². The molecule has 0 amide bonds. The van der Waals surface area contributed by atoms with Crippen LogP contribution in [0.3, 0.4) is 0 Å². The Balaban J connectivity index is 2.01. The van der Waals surface area contributed by atoms with Crippen molar-refractivity contribution in [3.05, 3.63) is 35.2 Å². The first kappa shape index (κ1) is 21.8. The molecule has 2 aromatic rings. The minimum atomic E-state index is -4.41. The lowest BCUT2D eigenvalue weighted by molar-refractivity contribution is -0.127. The second kappa shape index (κ2) is 8.10. The highest BCUT2D eigenvalue weighted by Gasteiger charge is 2.38. The zero-order valence-corrected chi connectivity index (χ0v) is 16.9. The van der Waals surface area contributed by atoms with E-state index in [1.165, 1.54) is 25.3 Å². The van der Waals surface area contributed by atoms with Gasteiger partial charge < -0.3 is 20.9 Å². The summed E-state index contributed by atoms with van der Waals surface area (Å²) >= 11 is 0. The average Bonchev–Trinajstić information content (AvgIpc) is 2.59. The summed E-state index contributed by atoms with van der Waals surface area (Å²) in [7, 11) is 1.39. The van der Waals surface area contributed by atoms with Crippen molar-refractivity contribution in [2.75, 3.05) is 12.4 Å². The monoisotopic (exact) mass is 423 g/mol. The van der Waals surface area contributed by atoms with E-state index < -0.39 is 18.2 Å². The third kappa shape index (κ3) is 5.38. The Morgan fingerprint density at radius 3 is 2.63 bits per heavy atom. The lowest BCUT2D eigenvalue weighted by atomic mass is 9.77. The Labute approximate surface area is 172 Å². The highest BCUT2D eigenvalue weighted by atomic mass is 19.4. The zero-order chi connectivity index (χ0) is 22.1. The van der Waals surface area contributed by atoms with Crippen LogP contribution in [0, 0.1) is 0 Å². The Hall–Kier alpha value is -2.88. The van der Waals surface area contributed by atoms with E-state index in [4.69, 9.17) is 10.5 Å². The molecular formula is C20H24F3N5O2. The molecule has 0 bridgehead atoms. The fourth-order valence-corrected chi connectivity index (χ4v) is 3.48. The van der Waals surface area contributed by atoms with E-state index in [2.05, 4.69) is 20.5 Å². The molecule has 7 nitrogen and oxygen atoms in total. The molecule has 3 rings (SSSR count). The summed E-state index contributed by atoms with van der Waals surface area (Å²) < 4.78 is 44.5. The predicted molar refractivity (Wildman–Crippen MR) is 107 cm³/mol. The summed E-state index contributed by atoms with van der Waals surface area (Å²) in [6.07, 6.45) is -2.96. The zero-order valence-electron chi connectivity index (χ0n) is 16.9. The van der Waals surface area contributed by atoms with E-state index in [1.807, 2.05) is 0 Å². The quantitative estimate of drug-likeness (QED) is 0.655. The Morgan fingerprint density at radius 2 is 2.07 bits per heavy atom. The molecule has 10 heteroatoms. The van der Waals surface area contributed by atoms with Gasteiger partial charge in [0.05, 0.1) is 24.8 Å². The maximum Gasteiger partial charge on any atom is 0.393 e. The van der Waals surface area contributed by atoms with E-state index in [0.29, 0.717) is 30.0 Å². The molecule has 1 heterocycles. The maximum absolute atomic E-state index is 13.1. The van der Waals surface area contributed by atoms with Gasteiger partial charge in [-0.25, -0.2) is 4.98 Å². The molecule has 0 saturated heterocycles. The number of alkyl halides is 3. The normalized spacial score (nSPS) is 21.8. The Kier molecular flexibility index (Phi) is 5.89. The second-order valence-electron chi connectivity index (χ2n) is 7.82. The average molecular weight is 423 g/mol. The standard InChI is InChI=1S/C20H24F3N5O2/c1-11(24)6-16-17(27-28-18(26-16)25-13-9-19(2,29)10-13)15-5-4-14(30-3)7-12(15)8-20(21,22)23/h4-7,13,29H,8-10,24H2,1-3H3,(H,25,26,28). The lowest BCUT2D eigenvalue weighted by Gasteiger charge is -2.41. The number of allylic oxidation sites excluding steroid dienone is 1. The highest BCUT2D eigenvalue weighted by molar-refractivity contribution is 5.73. The molecule has 0 aliphatic heterocycles. The minimum absolute atomic E-state index is 0.00183. The van der Waals surface area contributed by atoms with Gasteiger partial charge in [-0.05, 0) is 56.5 Å². The summed E-state index contributed by atoms with van der Waals surface area (Å²) in [5, 5.41) is 21.1. The molecular weight excluding hydrogens is 399 g/mol. The number of benzene rings is 1. The van der Waals surface area contributed by atoms with Crippen molar-refractivity contribution in [2.45, 2.75) is 50.9 Å². The van der Waals surface area contributed by atoms with Crippen LogP contribution in [0.4, 0.5) is 19.1 Å². The van der Waals surface area contributed by atoms with Crippen LogP contribution < -0.4 is 15.8 Å². The van der Waals surface area contributed by atoms with Gasteiger partial charge >= 0.3 is 6.18 Å². The summed E-state index contributed by atoms with van der Waals surface area (Å²) in [5.41, 5.74) is 6.23. The number of ether oxygens (including phenoxy) is 1. The number of aromatic nitrogens is 3. The number of halogens is 3. The van der Waals surface area contributed by atoms with Gasteiger partial charge in [-0.15, -0.1) is 10.2 Å². The van der Waals surface area contributed by atoms with Gasteiger partial charge in [0.25, 0.3) is 0 Å². The molecule has 1 aromatic carbocycles. The fourth-order valence-electron chi connectivity index (χ4n) is 3.48. The summed E-state index contributed by atoms with van der Waals surface area (Å²) in [4.78, 5) is 4.40. The van der Waals surface area contributed by atoms with E-state index in [9.17, 15) is 18.3 Å². The first-order chi connectivity index (χ1) is 14.0. The van der Waals surface area contributed by atoms with Gasteiger partial charge in [0.1, 0.15) is 11.4 Å². The predicted octanol–water partition coefficient (Wildman–Crippen LogP) is 3.30. The van der Waals surface area contributed by atoms with Crippen LogP contribution in [-0.4, -0.2) is 45.2 Å². The van der Waals surface area contributed by atoms with Crippen molar-refractivity contribution < 1.29 is 23.0 Å². The first-order valence-corrected chi connectivity index (χ1v) is 9.37.